The highest BCUT2D eigenvalue weighted by atomic mass is 16.5. The number of hydrogen-bond donors (Lipinski definition) is 0. The lowest BCUT2D eigenvalue weighted by Gasteiger charge is -2.32. The standard InChI is InChI=1S/C16H19N5O2/c1-12-8-13(20-11-19-12)2-3-14-10-21(6-7-23-14)16(22)15-9-17-4-5-18-15/h4-5,8-9,11,14H,2-3,6-7,10H2,1H3. The van der Waals surface area contributed by atoms with E-state index in [0.29, 0.717) is 25.4 Å². The molecule has 0 bridgehead atoms. The van der Waals surface area contributed by atoms with E-state index in [2.05, 4.69) is 19.9 Å². The Morgan fingerprint density at radius 3 is 3.04 bits per heavy atom. The van der Waals surface area contributed by atoms with E-state index in [0.717, 1.165) is 24.2 Å². The van der Waals surface area contributed by atoms with E-state index >= 15 is 0 Å². The maximum absolute atomic E-state index is 12.4. The normalized spacial score (nSPS) is 18.0. The van der Waals surface area contributed by atoms with Crippen LogP contribution in [0.2, 0.25) is 0 Å². The number of rotatable bonds is 4. The van der Waals surface area contributed by atoms with E-state index in [1.165, 1.54) is 12.4 Å². The summed E-state index contributed by atoms with van der Waals surface area (Å²) in [5.41, 5.74) is 2.33. The molecule has 7 heteroatoms. The minimum atomic E-state index is -0.0933. The molecule has 7 nitrogen and oxygen atoms in total. The van der Waals surface area contributed by atoms with Gasteiger partial charge in [0.1, 0.15) is 12.0 Å². The molecule has 1 aliphatic heterocycles. The summed E-state index contributed by atoms with van der Waals surface area (Å²) >= 11 is 0. The average Bonchev–Trinajstić information content (AvgIpc) is 2.60. The van der Waals surface area contributed by atoms with E-state index in [1.807, 2.05) is 13.0 Å². The van der Waals surface area contributed by atoms with Gasteiger partial charge in [-0.25, -0.2) is 15.0 Å². The smallest absolute Gasteiger partial charge is 0.274 e. The average molecular weight is 313 g/mol. The minimum Gasteiger partial charge on any atom is -0.375 e. The number of hydrogen-bond acceptors (Lipinski definition) is 6. The zero-order chi connectivity index (χ0) is 16.1. The summed E-state index contributed by atoms with van der Waals surface area (Å²) < 4.78 is 5.77. The van der Waals surface area contributed by atoms with E-state index in [4.69, 9.17) is 4.74 Å². The van der Waals surface area contributed by atoms with Crippen LogP contribution in [0.1, 0.15) is 28.3 Å². The molecule has 0 saturated carbocycles. The van der Waals surface area contributed by atoms with Gasteiger partial charge in [-0.05, 0) is 25.8 Å². The Morgan fingerprint density at radius 2 is 2.26 bits per heavy atom. The predicted molar refractivity (Wildman–Crippen MR) is 82.8 cm³/mol. The fourth-order valence-electron chi connectivity index (χ4n) is 2.61. The Bertz CT molecular complexity index is 665. The first-order valence-corrected chi connectivity index (χ1v) is 7.67. The molecule has 1 saturated heterocycles. The molecule has 1 amide bonds. The molecule has 120 valence electrons. The fourth-order valence-corrected chi connectivity index (χ4v) is 2.61. The molecule has 1 aliphatic rings. The zero-order valence-corrected chi connectivity index (χ0v) is 13.1. The zero-order valence-electron chi connectivity index (χ0n) is 13.1. The van der Waals surface area contributed by atoms with Crippen molar-refractivity contribution >= 4 is 5.91 Å². The van der Waals surface area contributed by atoms with E-state index in [1.54, 1.807) is 17.4 Å². The second-order valence-corrected chi connectivity index (χ2v) is 5.52. The summed E-state index contributed by atoms with van der Waals surface area (Å²) in [5.74, 6) is -0.0933. The van der Waals surface area contributed by atoms with E-state index in [9.17, 15) is 4.79 Å². The van der Waals surface area contributed by atoms with Gasteiger partial charge in [-0.2, -0.15) is 0 Å². The van der Waals surface area contributed by atoms with Gasteiger partial charge < -0.3 is 9.64 Å². The second kappa shape index (κ2) is 7.23. The lowest BCUT2D eigenvalue weighted by atomic mass is 10.1. The molecule has 3 rings (SSSR count). The molecule has 23 heavy (non-hydrogen) atoms. The molecule has 1 atom stereocenters. The van der Waals surface area contributed by atoms with Gasteiger partial charge in [-0.1, -0.05) is 0 Å². The van der Waals surface area contributed by atoms with Crippen molar-refractivity contribution in [2.24, 2.45) is 0 Å². The lowest BCUT2D eigenvalue weighted by molar-refractivity contribution is -0.0248. The summed E-state index contributed by atoms with van der Waals surface area (Å²) in [5, 5.41) is 0. The van der Waals surface area contributed by atoms with Crippen molar-refractivity contribution in [3.8, 4) is 0 Å². The summed E-state index contributed by atoms with van der Waals surface area (Å²) in [6, 6.07) is 1.98. The lowest BCUT2D eigenvalue weighted by Crippen LogP contribution is -2.46. The summed E-state index contributed by atoms with van der Waals surface area (Å²) in [6.07, 6.45) is 7.81. The Hall–Kier alpha value is -2.41. The molecule has 0 radical (unpaired) electrons. The number of morpholine rings is 1. The first-order chi connectivity index (χ1) is 11.2. The molecule has 0 aliphatic carbocycles. The third-order valence-corrected chi connectivity index (χ3v) is 3.79. The van der Waals surface area contributed by atoms with Gasteiger partial charge in [0.2, 0.25) is 0 Å². The molecule has 0 N–H and O–H groups in total. The van der Waals surface area contributed by atoms with Crippen molar-refractivity contribution < 1.29 is 9.53 Å². The SMILES string of the molecule is Cc1cc(CCC2CN(C(=O)c3cnccn3)CCO2)ncn1. The van der Waals surface area contributed by atoms with Crippen LogP contribution in [0.5, 0.6) is 0 Å². The molecule has 2 aromatic heterocycles. The molecule has 1 fully saturated rings. The number of carbonyl (C=O) groups is 1. The van der Waals surface area contributed by atoms with E-state index < -0.39 is 0 Å². The number of aromatic nitrogens is 4. The number of amides is 1. The maximum atomic E-state index is 12.4. The van der Waals surface area contributed by atoms with Gasteiger partial charge in [0.05, 0.1) is 18.9 Å². The molecule has 0 aromatic carbocycles. The van der Waals surface area contributed by atoms with Crippen molar-refractivity contribution in [2.75, 3.05) is 19.7 Å². The van der Waals surface area contributed by atoms with Crippen LogP contribution >= 0.6 is 0 Å². The Morgan fingerprint density at radius 1 is 1.35 bits per heavy atom. The Kier molecular flexibility index (Phi) is 4.87. The number of aryl methyl sites for hydroxylation is 2. The summed E-state index contributed by atoms with van der Waals surface area (Å²) in [7, 11) is 0. The molecule has 1 unspecified atom stereocenters. The monoisotopic (exact) mass is 313 g/mol. The third-order valence-electron chi connectivity index (χ3n) is 3.79. The van der Waals surface area contributed by atoms with Crippen molar-refractivity contribution in [1.82, 2.24) is 24.8 Å². The highest BCUT2D eigenvalue weighted by Crippen LogP contribution is 2.13. The molecular formula is C16H19N5O2. The van der Waals surface area contributed by atoms with Gasteiger partial charge in [-0.15, -0.1) is 0 Å². The van der Waals surface area contributed by atoms with Crippen LogP contribution in [-0.2, 0) is 11.2 Å². The highest BCUT2D eigenvalue weighted by Gasteiger charge is 2.25. The van der Waals surface area contributed by atoms with Crippen LogP contribution in [0.25, 0.3) is 0 Å². The first-order valence-electron chi connectivity index (χ1n) is 7.67. The van der Waals surface area contributed by atoms with Crippen LogP contribution in [0.15, 0.2) is 31.0 Å². The van der Waals surface area contributed by atoms with Crippen molar-refractivity contribution in [3.63, 3.8) is 0 Å². The third kappa shape index (κ3) is 4.07. The largest absolute Gasteiger partial charge is 0.375 e. The molecule has 3 heterocycles. The quantitative estimate of drug-likeness (QED) is 0.839. The van der Waals surface area contributed by atoms with Crippen molar-refractivity contribution in [1.29, 1.82) is 0 Å². The van der Waals surface area contributed by atoms with Crippen molar-refractivity contribution in [3.05, 3.63) is 48.1 Å². The number of carbonyl (C=O) groups excluding carboxylic acids is 1. The maximum Gasteiger partial charge on any atom is 0.274 e. The topological polar surface area (TPSA) is 81.1 Å². The number of ether oxygens (including phenoxy) is 1. The van der Waals surface area contributed by atoms with Crippen molar-refractivity contribution in [2.45, 2.75) is 25.9 Å². The van der Waals surface area contributed by atoms with Gasteiger partial charge in [-0.3, -0.25) is 9.78 Å². The second-order valence-electron chi connectivity index (χ2n) is 5.52. The summed E-state index contributed by atoms with van der Waals surface area (Å²) in [4.78, 5) is 30.6. The van der Waals surface area contributed by atoms with Gasteiger partial charge in [0.25, 0.3) is 5.91 Å². The molecule has 0 spiro atoms. The fraction of sp³-hybridized carbons (Fsp3) is 0.438. The Balaban J connectivity index is 1.57. The van der Waals surface area contributed by atoms with Gasteiger partial charge in [0, 0.05) is 36.9 Å². The Labute approximate surface area is 134 Å². The van der Waals surface area contributed by atoms with Crippen LogP contribution in [0.3, 0.4) is 0 Å². The van der Waals surface area contributed by atoms with Gasteiger partial charge >= 0.3 is 0 Å². The van der Waals surface area contributed by atoms with Crippen LogP contribution in [0, 0.1) is 6.92 Å². The summed E-state index contributed by atoms with van der Waals surface area (Å²) in [6.45, 7) is 3.64. The van der Waals surface area contributed by atoms with E-state index in [-0.39, 0.29) is 12.0 Å². The van der Waals surface area contributed by atoms with Gasteiger partial charge in [0.15, 0.2) is 0 Å². The van der Waals surface area contributed by atoms with Crippen LogP contribution in [-0.4, -0.2) is 56.5 Å². The first kappa shape index (κ1) is 15.5. The molecular weight excluding hydrogens is 294 g/mol. The minimum absolute atomic E-state index is 0.0136. The highest BCUT2D eigenvalue weighted by molar-refractivity contribution is 5.92. The predicted octanol–water partition coefficient (Wildman–Crippen LogP) is 1.05. The molecule has 2 aromatic rings. The van der Waals surface area contributed by atoms with Crippen LogP contribution < -0.4 is 0 Å². The van der Waals surface area contributed by atoms with Crippen LogP contribution in [0.4, 0.5) is 0 Å². The number of nitrogens with zero attached hydrogens (tertiary/aromatic N) is 5.